The molecule has 5 nitrogen and oxygen atoms in total. The standard InChI is InChI=1S/C23H35N3O2/c1-17-7-5-13-25(15-17)16-18-9-11-19(12-10-18)24-21(27)20-8-6-14-26(20)22(28)23(2,3)4/h9-12,17,20H,5-8,13-16H2,1-4H3,(H,24,27). The third kappa shape index (κ3) is 5.13. The highest BCUT2D eigenvalue weighted by Crippen LogP contribution is 2.26. The van der Waals surface area contributed by atoms with Gasteiger partial charge in [-0.25, -0.2) is 0 Å². The maximum atomic E-state index is 12.8. The second-order valence-corrected chi connectivity index (χ2v) is 9.58. The van der Waals surface area contributed by atoms with Crippen LogP contribution in [0, 0.1) is 11.3 Å². The van der Waals surface area contributed by atoms with Crippen LogP contribution < -0.4 is 5.32 Å². The van der Waals surface area contributed by atoms with E-state index >= 15 is 0 Å². The van der Waals surface area contributed by atoms with Gasteiger partial charge in [0.15, 0.2) is 0 Å². The first-order valence-electron chi connectivity index (χ1n) is 10.7. The quantitative estimate of drug-likeness (QED) is 0.855. The lowest BCUT2D eigenvalue weighted by Crippen LogP contribution is -2.47. The molecule has 2 aliphatic rings. The van der Waals surface area contributed by atoms with E-state index < -0.39 is 5.41 Å². The minimum Gasteiger partial charge on any atom is -0.330 e. The van der Waals surface area contributed by atoms with Crippen molar-refractivity contribution < 1.29 is 9.59 Å². The number of likely N-dealkylation sites (tertiary alicyclic amines) is 2. The molecule has 0 saturated carbocycles. The molecular formula is C23H35N3O2. The molecule has 0 spiro atoms. The minimum absolute atomic E-state index is 0.0521. The molecule has 2 heterocycles. The number of hydrogen-bond donors (Lipinski definition) is 1. The summed E-state index contributed by atoms with van der Waals surface area (Å²) in [4.78, 5) is 29.7. The van der Waals surface area contributed by atoms with Gasteiger partial charge in [-0.2, -0.15) is 0 Å². The van der Waals surface area contributed by atoms with Gasteiger partial charge in [0.25, 0.3) is 0 Å². The van der Waals surface area contributed by atoms with Crippen LogP contribution in [0.15, 0.2) is 24.3 Å². The molecule has 0 radical (unpaired) electrons. The summed E-state index contributed by atoms with van der Waals surface area (Å²) in [5.41, 5.74) is 1.62. The largest absolute Gasteiger partial charge is 0.330 e. The lowest BCUT2D eigenvalue weighted by atomic mass is 9.94. The second kappa shape index (κ2) is 8.64. The molecule has 0 bridgehead atoms. The maximum Gasteiger partial charge on any atom is 0.247 e. The van der Waals surface area contributed by atoms with Gasteiger partial charge in [-0.15, -0.1) is 0 Å². The molecule has 1 aromatic rings. The Hall–Kier alpha value is -1.88. The monoisotopic (exact) mass is 385 g/mol. The molecule has 2 aliphatic heterocycles. The van der Waals surface area contributed by atoms with Crippen LogP contribution in [0.3, 0.4) is 0 Å². The van der Waals surface area contributed by atoms with E-state index in [0.717, 1.165) is 37.5 Å². The lowest BCUT2D eigenvalue weighted by molar-refractivity contribution is -0.143. The summed E-state index contributed by atoms with van der Waals surface area (Å²) in [7, 11) is 0. The van der Waals surface area contributed by atoms with Crippen LogP contribution in [-0.4, -0.2) is 47.3 Å². The molecule has 2 saturated heterocycles. The maximum absolute atomic E-state index is 12.8. The van der Waals surface area contributed by atoms with E-state index in [4.69, 9.17) is 0 Å². The molecule has 2 amide bonds. The van der Waals surface area contributed by atoms with Crippen LogP contribution in [0.5, 0.6) is 0 Å². The first kappa shape index (κ1) is 20.8. The zero-order valence-corrected chi connectivity index (χ0v) is 17.8. The first-order valence-corrected chi connectivity index (χ1v) is 10.7. The molecule has 3 rings (SSSR count). The number of piperidine rings is 1. The van der Waals surface area contributed by atoms with Gasteiger partial charge in [-0.3, -0.25) is 14.5 Å². The van der Waals surface area contributed by atoms with E-state index in [1.54, 1.807) is 4.90 Å². The van der Waals surface area contributed by atoms with Crippen molar-refractivity contribution in [2.45, 2.75) is 66.0 Å². The van der Waals surface area contributed by atoms with Crippen molar-refractivity contribution in [3.63, 3.8) is 0 Å². The normalized spacial score (nSPS) is 23.6. The average Bonchev–Trinajstić information content (AvgIpc) is 3.11. The van der Waals surface area contributed by atoms with Crippen LogP contribution >= 0.6 is 0 Å². The predicted molar refractivity (Wildman–Crippen MR) is 113 cm³/mol. The number of hydrogen-bond acceptors (Lipinski definition) is 3. The van der Waals surface area contributed by atoms with Crippen molar-refractivity contribution in [2.24, 2.45) is 11.3 Å². The van der Waals surface area contributed by atoms with E-state index in [2.05, 4.69) is 29.3 Å². The number of anilines is 1. The molecule has 0 aromatic heterocycles. The molecule has 28 heavy (non-hydrogen) atoms. The highest BCUT2D eigenvalue weighted by atomic mass is 16.2. The van der Waals surface area contributed by atoms with Crippen molar-refractivity contribution in [3.05, 3.63) is 29.8 Å². The minimum atomic E-state index is -0.462. The van der Waals surface area contributed by atoms with Gasteiger partial charge in [-0.1, -0.05) is 39.8 Å². The number of nitrogens with zero attached hydrogens (tertiary/aromatic N) is 2. The predicted octanol–water partition coefficient (Wildman–Crippen LogP) is 3.89. The molecular weight excluding hydrogens is 350 g/mol. The summed E-state index contributed by atoms with van der Waals surface area (Å²) in [6, 6.07) is 7.79. The molecule has 1 N–H and O–H groups in total. The van der Waals surface area contributed by atoms with Crippen molar-refractivity contribution in [1.82, 2.24) is 9.80 Å². The van der Waals surface area contributed by atoms with Crippen molar-refractivity contribution in [2.75, 3.05) is 25.0 Å². The van der Waals surface area contributed by atoms with E-state index in [0.29, 0.717) is 6.54 Å². The van der Waals surface area contributed by atoms with Gasteiger partial charge in [0.05, 0.1) is 0 Å². The summed E-state index contributed by atoms with van der Waals surface area (Å²) in [5.74, 6) is 0.751. The summed E-state index contributed by atoms with van der Waals surface area (Å²) < 4.78 is 0. The van der Waals surface area contributed by atoms with Gasteiger partial charge in [0.1, 0.15) is 6.04 Å². The topological polar surface area (TPSA) is 52.7 Å². The molecule has 2 atom stereocenters. The zero-order valence-electron chi connectivity index (χ0n) is 17.8. The summed E-state index contributed by atoms with van der Waals surface area (Å²) in [6.07, 6.45) is 4.23. The Morgan fingerprint density at radius 2 is 1.75 bits per heavy atom. The Kier molecular flexibility index (Phi) is 6.43. The Morgan fingerprint density at radius 3 is 2.39 bits per heavy atom. The average molecular weight is 386 g/mol. The third-order valence-corrected chi connectivity index (χ3v) is 5.83. The Labute approximate surface area is 169 Å². The van der Waals surface area contributed by atoms with E-state index in [9.17, 15) is 9.59 Å². The number of amides is 2. The van der Waals surface area contributed by atoms with Crippen molar-refractivity contribution in [3.8, 4) is 0 Å². The van der Waals surface area contributed by atoms with E-state index in [1.165, 1.54) is 24.9 Å². The van der Waals surface area contributed by atoms with Crippen LogP contribution in [0.2, 0.25) is 0 Å². The zero-order chi connectivity index (χ0) is 20.3. The fourth-order valence-corrected chi connectivity index (χ4v) is 4.32. The van der Waals surface area contributed by atoms with Crippen molar-refractivity contribution >= 4 is 17.5 Å². The van der Waals surface area contributed by atoms with Gasteiger partial charge < -0.3 is 10.2 Å². The molecule has 1 aromatic carbocycles. The highest BCUT2D eigenvalue weighted by molar-refractivity contribution is 5.98. The molecule has 0 aliphatic carbocycles. The SMILES string of the molecule is CC1CCCN(Cc2ccc(NC(=O)C3CCCN3C(=O)C(C)(C)C)cc2)C1. The third-order valence-electron chi connectivity index (χ3n) is 5.83. The molecule has 2 unspecified atom stereocenters. The number of nitrogens with one attached hydrogen (secondary N) is 1. The number of carbonyl (C=O) groups excluding carboxylic acids is 2. The Balaban J connectivity index is 1.57. The summed E-state index contributed by atoms with van der Waals surface area (Å²) in [6.45, 7) is 12.0. The van der Waals surface area contributed by atoms with Crippen LogP contribution in [0.25, 0.3) is 0 Å². The second-order valence-electron chi connectivity index (χ2n) is 9.58. The fourth-order valence-electron chi connectivity index (χ4n) is 4.32. The van der Waals surface area contributed by atoms with Gasteiger partial charge in [0.2, 0.25) is 11.8 Å². The van der Waals surface area contributed by atoms with Gasteiger partial charge in [0, 0.05) is 30.7 Å². The van der Waals surface area contributed by atoms with Crippen LogP contribution in [-0.2, 0) is 16.1 Å². The number of benzene rings is 1. The molecule has 154 valence electrons. The fraction of sp³-hybridized carbons (Fsp3) is 0.652. The van der Waals surface area contributed by atoms with Crippen molar-refractivity contribution in [1.29, 1.82) is 0 Å². The molecule has 2 fully saturated rings. The Bertz CT molecular complexity index is 693. The van der Waals surface area contributed by atoms with Gasteiger partial charge in [-0.05, 0) is 55.8 Å². The van der Waals surface area contributed by atoms with Crippen LogP contribution in [0.4, 0.5) is 5.69 Å². The smallest absolute Gasteiger partial charge is 0.247 e. The number of rotatable bonds is 4. The van der Waals surface area contributed by atoms with Gasteiger partial charge >= 0.3 is 0 Å². The Morgan fingerprint density at radius 1 is 1.07 bits per heavy atom. The molecule has 5 heteroatoms. The first-order chi connectivity index (χ1) is 13.2. The summed E-state index contributed by atoms with van der Waals surface area (Å²) in [5, 5.41) is 3.01. The summed E-state index contributed by atoms with van der Waals surface area (Å²) >= 11 is 0. The number of carbonyl (C=O) groups is 2. The van der Waals surface area contributed by atoms with E-state index in [-0.39, 0.29) is 17.9 Å². The van der Waals surface area contributed by atoms with Crippen LogP contribution in [0.1, 0.15) is 58.9 Å². The van der Waals surface area contributed by atoms with E-state index in [1.807, 2.05) is 32.9 Å². The highest BCUT2D eigenvalue weighted by Gasteiger charge is 2.38. The lowest BCUT2D eigenvalue weighted by Gasteiger charge is -2.31.